The first-order valence-corrected chi connectivity index (χ1v) is 2.63. The molecule has 1 N–H and O–H groups in total. The summed E-state index contributed by atoms with van der Waals surface area (Å²) in [4.78, 5) is 9.13. The third-order valence-corrected chi connectivity index (χ3v) is 1.05. The lowest BCUT2D eigenvalue weighted by Crippen LogP contribution is -2.17. The Kier molecular flexibility index (Phi) is 1.27. The van der Waals surface area contributed by atoms with Gasteiger partial charge in [-0.3, -0.25) is 0 Å². The van der Waals surface area contributed by atoms with Gasteiger partial charge in [0.15, 0.2) is 6.29 Å². The van der Waals surface area contributed by atoms with Crippen molar-refractivity contribution in [3.8, 4) is 0 Å². The van der Waals surface area contributed by atoms with Crippen LogP contribution in [0.25, 0.3) is 0 Å². The molecule has 3 heteroatoms. The summed E-state index contributed by atoms with van der Waals surface area (Å²) in [5, 5.41) is 8.72. The van der Waals surface area contributed by atoms with E-state index in [0.29, 0.717) is 6.42 Å². The quantitative estimate of drug-likeness (QED) is 0.469. The van der Waals surface area contributed by atoms with E-state index in [1.165, 1.54) is 0 Å². The zero-order valence-corrected chi connectivity index (χ0v) is 5.05. The fourth-order valence-corrected chi connectivity index (χ4v) is 0.674. The van der Waals surface area contributed by atoms with Crippen LogP contribution in [-0.4, -0.2) is 17.0 Å². The van der Waals surface area contributed by atoms with E-state index in [-0.39, 0.29) is 5.60 Å². The highest BCUT2D eigenvalue weighted by molar-refractivity contribution is 4.70. The Bertz CT molecular complexity index is 89.7. The van der Waals surface area contributed by atoms with Crippen molar-refractivity contribution in [1.29, 1.82) is 0 Å². The molecule has 1 atom stereocenters. The smallest absolute Gasteiger partial charge is 0.191 e. The summed E-state index contributed by atoms with van der Waals surface area (Å²) in [5.41, 5.74) is -0.306. The van der Waals surface area contributed by atoms with Crippen LogP contribution in [0.15, 0.2) is 0 Å². The molecule has 1 aliphatic heterocycles. The van der Waals surface area contributed by atoms with Crippen LogP contribution in [0.4, 0.5) is 0 Å². The molecule has 1 fully saturated rings. The molecule has 1 heterocycles. The van der Waals surface area contributed by atoms with Crippen LogP contribution < -0.4 is 0 Å². The van der Waals surface area contributed by atoms with E-state index in [1.54, 1.807) is 0 Å². The van der Waals surface area contributed by atoms with Gasteiger partial charge in [-0.05, 0) is 13.8 Å². The van der Waals surface area contributed by atoms with Crippen LogP contribution >= 0.6 is 0 Å². The predicted molar refractivity (Wildman–Crippen MR) is 26.9 cm³/mol. The highest BCUT2D eigenvalue weighted by Gasteiger charge is 2.32. The largest absolute Gasteiger partial charge is 0.366 e. The Morgan fingerprint density at radius 2 is 2.25 bits per heavy atom. The van der Waals surface area contributed by atoms with Crippen molar-refractivity contribution in [2.24, 2.45) is 0 Å². The second kappa shape index (κ2) is 1.69. The van der Waals surface area contributed by atoms with Gasteiger partial charge in [-0.25, -0.2) is 9.78 Å². The maximum atomic E-state index is 8.72. The average Bonchev–Trinajstić information content (AvgIpc) is 1.82. The fraction of sp³-hybridized carbons (Fsp3) is 1.00. The topological polar surface area (TPSA) is 38.7 Å². The van der Waals surface area contributed by atoms with E-state index < -0.39 is 6.29 Å². The van der Waals surface area contributed by atoms with Crippen LogP contribution in [0.5, 0.6) is 0 Å². The van der Waals surface area contributed by atoms with Crippen molar-refractivity contribution in [2.75, 3.05) is 0 Å². The standard InChI is InChI=1S/C5H10O3/c1-5(2)3-4(6)7-8-5/h4,6H,3H2,1-2H3. The highest BCUT2D eigenvalue weighted by atomic mass is 17.2. The first-order valence-electron chi connectivity index (χ1n) is 2.63. The predicted octanol–water partition coefficient (Wildman–Crippen LogP) is 0.435. The van der Waals surface area contributed by atoms with Crippen molar-refractivity contribution < 1.29 is 14.9 Å². The van der Waals surface area contributed by atoms with Gasteiger partial charge in [0.05, 0.1) is 0 Å². The molecule has 1 aliphatic rings. The van der Waals surface area contributed by atoms with Gasteiger partial charge in [-0.1, -0.05) is 0 Å². The lowest BCUT2D eigenvalue weighted by molar-refractivity contribution is -0.349. The Labute approximate surface area is 48.1 Å². The number of hydrogen-bond acceptors (Lipinski definition) is 3. The van der Waals surface area contributed by atoms with Crippen LogP contribution in [0, 0.1) is 0 Å². The summed E-state index contributed by atoms with van der Waals surface area (Å²) in [5.74, 6) is 0. The van der Waals surface area contributed by atoms with Crippen molar-refractivity contribution >= 4 is 0 Å². The summed E-state index contributed by atoms with van der Waals surface area (Å²) in [7, 11) is 0. The molecule has 0 aromatic rings. The maximum absolute atomic E-state index is 8.72. The van der Waals surface area contributed by atoms with E-state index in [9.17, 15) is 0 Å². The number of aliphatic hydroxyl groups excluding tert-OH is 1. The zero-order valence-electron chi connectivity index (χ0n) is 5.05. The Morgan fingerprint density at radius 1 is 1.62 bits per heavy atom. The van der Waals surface area contributed by atoms with Gasteiger partial charge in [0.25, 0.3) is 0 Å². The molecule has 1 rings (SSSR count). The van der Waals surface area contributed by atoms with Gasteiger partial charge < -0.3 is 5.11 Å². The normalized spacial score (nSPS) is 35.6. The monoisotopic (exact) mass is 118 g/mol. The summed E-state index contributed by atoms with van der Waals surface area (Å²) >= 11 is 0. The fourth-order valence-electron chi connectivity index (χ4n) is 0.674. The SMILES string of the molecule is CC1(C)CC(O)OO1. The highest BCUT2D eigenvalue weighted by Crippen LogP contribution is 2.24. The van der Waals surface area contributed by atoms with Crippen molar-refractivity contribution in [3.63, 3.8) is 0 Å². The van der Waals surface area contributed by atoms with Crippen LogP contribution in [0.1, 0.15) is 20.3 Å². The summed E-state index contributed by atoms with van der Waals surface area (Å²) in [6.07, 6.45) is -0.183. The van der Waals surface area contributed by atoms with Crippen LogP contribution in [0.2, 0.25) is 0 Å². The van der Waals surface area contributed by atoms with Crippen molar-refractivity contribution in [3.05, 3.63) is 0 Å². The second-order valence-corrected chi connectivity index (χ2v) is 2.60. The first-order chi connectivity index (χ1) is 3.60. The molecule has 3 nitrogen and oxygen atoms in total. The number of aliphatic hydroxyl groups is 1. The van der Waals surface area contributed by atoms with Crippen molar-refractivity contribution in [1.82, 2.24) is 0 Å². The molecule has 0 aromatic carbocycles. The molecule has 0 spiro atoms. The second-order valence-electron chi connectivity index (χ2n) is 2.60. The molecule has 8 heavy (non-hydrogen) atoms. The van der Waals surface area contributed by atoms with Crippen LogP contribution in [-0.2, 0) is 9.78 Å². The first kappa shape index (κ1) is 6.01. The average molecular weight is 118 g/mol. The van der Waals surface area contributed by atoms with Gasteiger partial charge in [-0.2, -0.15) is 0 Å². The molecule has 0 aliphatic carbocycles. The Hall–Kier alpha value is -0.120. The van der Waals surface area contributed by atoms with Crippen LogP contribution in [0.3, 0.4) is 0 Å². The maximum Gasteiger partial charge on any atom is 0.191 e. The van der Waals surface area contributed by atoms with E-state index in [4.69, 9.17) is 9.99 Å². The Morgan fingerprint density at radius 3 is 2.38 bits per heavy atom. The van der Waals surface area contributed by atoms with Gasteiger partial charge >= 0.3 is 0 Å². The minimum absolute atomic E-state index is 0.306. The molecular weight excluding hydrogens is 108 g/mol. The molecule has 1 unspecified atom stereocenters. The third-order valence-electron chi connectivity index (χ3n) is 1.05. The molecule has 0 amide bonds. The number of rotatable bonds is 0. The van der Waals surface area contributed by atoms with Gasteiger partial charge in [0.2, 0.25) is 0 Å². The molecule has 0 radical (unpaired) electrons. The van der Waals surface area contributed by atoms with E-state index >= 15 is 0 Å². The molecule has 0 saturated carbocycles. The molecule has 0 aromatic heterocycles. The lowest BCUT2D eigenvalue weighted by atomic mass is 10.1. The molecular formula is C5H10O3. The number of hydrogen-bond donors (Lipinski definition) is 1. The third kappa shape index (κ3) is 1.18. The summed E-state index contributed by atoms with van der Waals surface area (Å²) in [6.45, 7) is 3.73. The minimum atomic E-state index is -0.731. The van der Waals surface area contributed by atoms with E-state index in [2.05, 4.69) is 4.89 Å². The zero-order chi connectivity index (χ0) is 6.20. The van der Waals surface area contributed by atoms with E-state index in [1.807, 2.05) is 13.8 Å². The Balaban J connectivity index is 2.44. The molecule has 0 bridgehead atoms. The van der Waals surface area contributed by atoms with Gasteiger partial charge in [0, 0.05) is 6.42 Å². The van der Waals surface area contributed by atoms with Gasteiger partial charge in [-0.15, -0.1) is 0 Å². The minimum Gasteiger partial charge on any atom is -0.366 e. The summed E-state index contributed by atoms with van der Waals surface area (Å²) in [6, 6.07) is 0. The summed E-state index contributed by atoms with van der Waals surface area (Å²) < 4.78 is 0. The lowest BCUT2D eigenvalue weighted by Gasteiger charge is -2.09. The van der Waals surface area contributed by atoms with Crippen molar-refractivity contribution in [2.45, 2.75) is 32.2 Å². The molecule has 48 valence electrons. The van der Waals surface area contributed by atoms with E-state index in [0.717, 1.165) is 0 Å². The molecule has 1 saturated heterocycles. The van der Waals surface area contributed by atoms with Gasteiger partial charge in [0.1, 0.15) is 5.60 Å².